The van der Waals surface area contributed by atoms with Gasteiger partial charge in [0, 0.05) is 35.8 Å². The highest BCUT2D eigenvalue weighted by Gasteiger charge is 2.58. The summed E-state index contributed by atoms with van der Waals surface area (Å²) in [6.45, 7) is 18.9. The maximum absolute atomic E-state index is 14.1. The number of hydrogen-bond acceptors (Lipinski definition) is 2. The van der Waals surface area contributed by atoms with E-state index in [1.807, 2.05) is 11.0 Å². The second-order valence-corrected chi connectivity index (χ2v) is 15.2. The Morgan fingerprint density at radius 2 is 1.57 bits per heavy atom. The highest BCUT2D eigenvalue weighted by Crippen LogP contribution is 2.64. The number of ketones is 1. The van der Waals surface area contributed by atoms with Gasteiger partial charge in [0.05, 0.1) is 0 Å². The predicted octanol–water partition coefficient (Wildman–Crippen LogP) is 8.21. The van der Waals surface area contributed by atoms with Gasteiger partial charge in [0.2, 0.25) is 0 Å². The summed E-state index contributed by atoms with van der Waals surface area (Å²) in [5, 5.41) is 3.30. The fraction of sp³-hybridized carbons (Fsp3) is 0.697. The molecule has 1 aliphatic heterocycles. The van der Waals surface area contributed by atoms with Crippen molar-refractivity contribution in [1.82, 2.24) is 4.90 Å². The quantitative estimate of drug-likeness (QED) is 0.419. The number of carbonyl (C=O) groups excluding carboxylic acids is 2. The van der Waals surface area contributed by atoms with E-state index in [0.717, 1.165) is 24.4 Å². The van der Waals surface area contributed by atoms with Crippen molar-refractivity contribution >= 4 is 17.5 Å². The van der Waals surface area contributed by atoms with E-state index in [2.05, 4.69) is 78.9 Å². The molecule has 202 valence electrons. The van der Waals surface area contributed by atoms with Crippen LogP contribution in [0.4, 0.5) is 10.5 Å². The first kappa shape index (κ1) is 26.5. The predicted molar refractivity (Wildman–Crippen MR) is 152 cm³/mol. The molecule has 37 heavy (non-hydrogen) atoms. The monoisotopic (exact) mass is 504 g/mol. The van der Waals surface area contributed by atoms with Crippen molar-refractivity contribution < 1.29 is 9.59 Å². The number of piperidine rings is 1. The van der Waals surface area contributed by atoms with Crippen LogP contribution in [-0.2, 0) is 15.6 Å². The zero-order chi connectivity index (χ0) is 27.0. The number of allylic oxidation sites excluding steroid dienone is 2. The molecular formula is C33H48N2O2. The number of likely N-dealkylation sites (tertiary alicyclic amines) is 1. The Kier molecular flexibility index (Phi) is 6.24. The molecule has 1 aromatic carbocycles. The standard InChI is InChI=1S/C33H48N2O2/c1-30(2,3)21-16-22(31(4,5)6)18-23(17-21)34-29(37)35-20-25-26-10-9-13-32(26,7)14-12-27(25)33(8)15-11-24(36)19-28(33)35/h16-19,25-27H,9-15,20H2,1-8H3,(H,34,37)/t25-,26-,27-,32-,33+/m0/s1. The third-order valence-electron chi connectivity index (χ3n) is 10.7. The second kappa shape index (κ2) is 8.71. The second-order valence-electron chi connectivity index (χ2n) is 15.2. The summed E-state index contributed by atoms with van der Waals surface area (Å²) >= 11 is 0. The molecule has 0 aromatic heterocycles. The van der Waals surface area contributed by atoms with Crippen molar-refractivity contribution in [3.63, 3.8) is 0 Å². The van der Waals surface area contributed by atoms with E-state index in [1.165, 1.54) is 43.2 Å². The largest absolute Gasteiger partial charge is 0.326 e. The van der Waals surface area contributed by atoms with Crippen LogP contribution in [0, 0.1) is 28.6 Å². The number of urea groups is 1. The summed E-state index contributed by atoms with van der Waals surface area (Å²) in [5.41, 5.74) is 4.52. The fourth-order valence-corrected chi connectivity index (χ4v) is 8.25. The van der Waals surface area contributed by atoms with E-state index in [4.69, 9.17) is 0 Å². The third-order valence-corrected chi connectivity index (χ3v) is 10.7. The van der Waals surface area contributed by atoms with Crippen LogP contribution in [0.1, 0.15) is 111 Å². The summed E-state index contributed by atoms with van der Waals surface area (Å²) in [6.07, 6.45) is 9.69. The molecule has 0 unspecified atom stereocenters. The topological polar surface area (TPSA) is 49.4 Å². The molecule has 5 rings (SSSR count). The number of anilines is 1. The molecule has 3 fully saturated rings. The minimum atomic E-state index is -0.109. The van der Waals surface area contributed by atoms with Crippen LogP contribution in [0.5, 0.6) is 0 Å². The summed E-state index contributed by atoms with van der Waals surface area (Å²) in [6, 6.07) is 6.47. The maximum Gasteiger partial charge on any atom is 0.326 e. The number of hydrogen-bond donors (Lipinski definition) is 1. The first-order valence-corrected chi connectivity index (χ1v) is 14.6. The molecule has 1 N–H and O–H groups in total. The first-order valence-electron chi connectivity index (χ1n) is 14.6. The minimum absolute atomic E-state index is 0.0228. The fourth-order valence-electron chi connectivity index (χ4n) is 8.25. The molecule has 0 radical (unpaired) electrons. The Hall–Kier alpha value is -2.10. The van der Waals surface area contributed by atoms with E-state index in [9.17, 15) is 9.59 Å². The molecule has 2 amide bonds. The molecule has 4 nitrogen and oxygen atoms in total. The molecule has 4 heteroatoms. The highest BCUT2D eigenvalue weighted by molar-refractivity contribution is 5.95. The van der Waals surface area contributed by atoms with Gasteiger partial charge in [0.15, 0.2) is 5.78 Å². The molecule has 1 heterocycles. The average Bonchev–Trinajstić information content (AvgIpc) is 3.19. The number of fused-ring (bicyclic) bond motifs is 5. The Balaban J connectivity index is 1.51. The molecule has 2 saturated carbocycles. The summed E-state index contributed by atoms with van der Waals surface area (Å²) in [4.78, 5) is 28.7. The molecular weight excluding hydrogens is 456 g/mol. The lowest BCUT2D eigenvalue weighted by atomic mass is 9.50. The number of amides is 2. The van der Waals surface area contributed by atoms with Crippen molar-refractivity contribution in [2.45, 2.75) is 111 Å². The minimum Gasteiger partial charge on any atom is -0.308 e. The normalized spacial score (nSPS) is 33.8. The van der Waals surface area contributed by atoms with Crippen LogP contribution in [0.25, 0.3) is 0 Å². The van der Waals surface area contributed by atoms with Gasteiger partial charge in [0.1, 0.15) is 0 Å². The Labute approximate surface area is 224 Å². The van der Waals surface area contributed by atoms with Gasteiger partial charge in [-0.1, -0.05) is 67.9 Å². The van der Waals surface area contributed by atoms with Gasteiger partial charge < -0.3 is 5.32 Å². The van der Waals surface area contributed by atoms with Crippen LogP contribution >= 0.6 is 0 Å². The lowest BCUT2D eigenvalue weighted by molar-refractivity contribution is -0.118. The van der Waals surface area contributed by atoms with Crippen molar-refractivity contribution in [1.29, 1.82) is 0 Å². The number of carbonyl (C=O) groups is 2. The van der Waals surface area contributed by atoms with E-state index in [0.29, 0.717) is 29.6 Å². The average molecular weight is 505 g/mol. The van der Waals surface area contributed by atoms with Crippen LogP contribution in [-0.4, -0.2) is 23.3 Å². The number of rotatable bonds is 1. The molecule has 4 aliphatic rings. The smallest absolute Gasteiger partial charge is 0.308 e. The van der Waals surface area contributed by atoms with Gasteiger partial charge in [-0.05, 0) is 89.4 Å². The Bertz CT molecular complexity index is 1100. The zero-order valence-electron chi connectivity index (χ0n) is 24.5. The van der Waals surface area contributed by atoms with Crippen molar-refractivity contribution in [2.75, 3.05) is 11.9 Å². The van der Waals surface area contributed by atoms with Crippen LogP contribution in [0.3, 0.4) is 0 Å². The summed E-state index contributed by atoms with van der Waals surface area (Å²) in [5.74, 6) is 1.90. The van der Waals surface area contributed by atoms with E-state index < -0.39 is 0 Å². The Morgan fingerprint density at radius 1 is 0.919 bits per heavy atom. The zero-order valence-corrected chi connectivity index (χ0v) is 24.5. The Morgan fingerprint density at radius 3 is 2.19 bits per heavy atom. The maximum atomic E-state index is 14.1. The number of nitrogens with zero attached hydrogens (tertiary/aromatic N) is 1. The van der Waals surface area contributed by atoms with Gasteiger partial charge in [-0.25, -0.2) is 4.79 Å². The molecule has 0 spiro atoms. The van der Waals surface area contributed by atoms with Crippen LogP contribution in [0.2, 0.25) is 0 Å². The number of nitrogens with one attached hydrogen (secondary N) is 1. The summed E-state index contributed by atoms with van der Waals surface area (Å²) < 4.78 is 0. The summed E-state index contributed by atoms with van der Waals surface area (Å²) in [7, 11) is 0. The molecule has 5 atom stereocenters. The van der Waals surface area contributed by atoms with Gasteiger partial charge in [0.25, 0.3) is 0 Å². The highest BCUT2D eigenvalue weighted by atomic mass is 16.2. The van der Waals surface area contributed by atoms with Gasteiger partial charge >= 0.3 is 6.03 Å². The van der Waals surface area contributed by atoms with Crippen LogP contribution in [0.15, 0.2) is 30.0 Å². The van der Waals surface area contributed by atoms with Crippen molar-refractivity contribution in [3.8, 4) is 0 Å². The van der Waals surface area contributed by atoms with E-state index >= 15 is 0 Å². The van der Waals surface area contributed by atoms with Gasteiger partial charge in [-0.15, -0.1) is 0 Å². The van der Waals surface area contributed by atoms with Gasteiger partial charge in [-0.2, -0.15) is 0 Å². The van der Waals surface area contributed by atoms with Crippen LogP contribution < -0.4 is 5.32 Å². The van der Waals surface area contributed by atoms with E-state index in [-0.39, 0.29) is 28.1 Å². The molecule has 0 bridgehead atoms. The SMILES string of the molecule is CC(C)(C)c1cc(NC(=O)N2C[C@H]3[C@@H]4CCC[C@@]4(C)CC[C@@H]3[C@@]3(C)CCC(=O)C=C23)cc(C(C)(C)C)c1. The number of benzene rings is 1. The van der Waals surface area contributed by atoms with Crippen molar-refractivity contribution in [3.05, 3.63) is 41.1 Å². The molecule has 1 aromatic rings. The molecule has 3 aliphatic carbocycles. The van der Waals surface area contributed by atoms with Crippen molar-refractivity contribution in [2.24, 2.45) is 28.6 Å². The molecule has 1 saturated heterocycles. The van der Waals surface area contributed by atoms with E-state index in [1.54, 1.807) is 0 Å². The first-order chi connectivity index (χ1) is 17.1. The lowest BCUT2D eigenvalue weighted by Crippen LogP contribution is -2.59. The third kappa shape index (κ3) is 4.57. The van der Waals surface area contributed by atoms with Gasteiger partial charge in [-0.3, -0.25) is 9.69 Å². The lowest BCUT2D eigenvalue weighted by Gasteiger charge is -2.59.